The SMILES string of the molecule is O=C(O)c1ccc(NCC2(C3CC3)CC2)cc1Cl. The van der Waals surface area contributed by atoms with E-state index in [-0.39, 0.29) is 5.56 Å². The molecule has 0 heterocycles. The van der Waals surface area contributed by atoms with Gasteiger partial charge in [-0.1, -0.05) is 11.6 Å². The fourth-order valence-electron chi connectivity index (χ4n) is 2.66. The van der Waals surface area contributed by atoms with E-state index in [0.29, 0.717) is 10.4 Å². The second-order valence-corrected chi connectivity index (χ2v) is 5.90. The van der Waals surface area contributed by atoms with Gasteiger partial charge in [0.15, 0.2) is 0 Å². The van der Waals surface area contributed by atoms with Gasteiger partial charge in [0.2, 0.25) is 0 Å². The molecule has 0 spiro atoms. The van der Waals surface area contributed by atoms with Gasteiger partial charge >= 0.3 is 5.97 Å². The number of benzene rings is 1. The van der Waals surface area contributed by atoms with Crippen molar-refractivity contribution < 1.29 is 9.90 Å². The second kappa shape index (κ2) is 4.16. The lowest BCUT2D eigenvalue weighted by Crippen LogP contribution is -2.17. The zero-order valence-corrected chi connectivity index (χ0v) is 10.8. The highest BCUT2D eigenvalue weighted by Crippen LogP contribution is 2.61. The maximum atomic E-state index is 10.9. The minimum Gasteiger partial charge on any atom is -0.478 e. The van der Waals surface area contributed by atoms with Crippen molar-refractivity contribution >= 4 is 23.3 Å². The van der Waals surface area contributed by atoms with Crippen LogP contribution < -0.4 is 5.32 Å². The number of carboxylic acids is 1. The molecule has 2 fully saturated rings. The van der Waals surface area contributed by atoms with Gasteiger partial charge < -0.3 is 10.4 Å². The van der Waals surface area contributed by atoms with E-state index in [0.717, 1.165) is 18.2 Å². The Bertz CT molecular complexity index is 493. The van der Waals surface area contributed by atoms with Crippen LogP contribution in [0.3, 0.4) is 0 Å². The first kappa shape index (κ1) is 11.8. The number of halogens is 1. The number of hydrogen-bond acceptors (Lipinski definition) is 2. The number of rotatable bonds is 5. The Balaban J connectivity index is 1.66. The lowest BCUT2D eigenvalue weighted by atomic mass is 10.0. The molecule has 0 aromatic heterocycles. The van der Waals surface area contributed by atoms with Gasteiger partial charge in [-0.25, -0.2) is 4.79 Å². The Kier molecular flexibility index (Phi) is 2.74. The first-order valence-corrected chi connectivity index (χ1v) is 6.75. The predicted molar refractivity (Wildman–Crippen MR) is 71.3 cm³/mol. The fourth-order valence-corrected chi connectivity index (χ4v) is 2.92. The van der Waals surface area contributed by atoms with Crippen molar-refractivity contribution in [2.24, 2.45) is 11.3 Å². The van der Waals surface area contributed by atoms with E-state index in [4.69, 9.17) is 16.7 Å². The number of hydrogen-bond donors (Lipinski definition) is 2. The van der Waals surface area contributed by atoms with Gasteiger partial charge in [-0.2, -0.15) is 0 Å². The molecule has 0 radical (unpaired) electrons. The van der Waals surface area contributed by atoms with E-state index in [1.807, 2.05) is 0 Å². The molecule has 2 aliphatic rings. The topological polar surface area (TPSA) is 49.3 Å². The van der Waals surface area contributed by atoms with Crippen LogP contribution in [0.4, 0.5) is 5.69 Å². The lowest BCUT2D eigenvalue weighted by molar-refractivity contribution is 0.0697. The van der Waals surface area contributed by atoms with E-state index < -0.39 is 5.97 Å². The van der Waals surface area contributed by atoms with E-state index in [1.54, 1.807) is 18.2 Å². The van der Waals surface area contributed by atoms with Crippen molar-refractivity contribution in [2.75, 3.05) is 11.9 Å². The van der Waals surface area contributed by atoms with Crippen LogP contribution in [-0.4, -0.2) is 17.6 Å². The summed E-state index contributed by atoms with van der Waals surface area (Å²) in [6.45, 7) is 0.987. The van der Waals surface area contributed by atoms with Gasteiger partial charge in [0.1, 0.15) is 0 Å². The molecule has 1 aromatic rings. The fraction of sp³-hybridized carbons (Fsp3) is 0.500. The summed E-state index contributed by atoms with van der Waals surface area (Å²) < 4.78 is 0. The van der Waals surface area contributed by atoms with Crippen molar-refractivity contribution in [2.45, 2.75) is 25.7 Å². The van der Waals surface area contributed by atoms with Crippen LogP contribution in [0, 0.1) is 11.3 Å². The minimum atomic E-state index is -0.983. The number of nitrogens with one attached hydrogen (secondary N) is 1. The maximum absolute atomic E-state index is 10.9. The molecule has 4 heteroatoms. The molecular formula is C14H16ClNO2. The summed E-state index contributed by atoms with van der Waals surface area (Å²) >= 11 is 5.94. The van der Waals surface area contributed by atoms with Crippen LogP contribution >= 0.6 is 11.6 Å². The smallest absolute Gasteiger partial charge is 0.337 e. The van der Waals surface area contributed by atoms with Gasteiger partial charge in [0.25, 0.3) is 0 Å². The van der Waals surface area contributed by atoms with Crippen molar-refractivity contribution in [1.29, 1.82) is 0 Å². The van der Waals surface area contributed by atoms with Crippen molar-refractivity contribution in [3.05, 3.63) is 28.8 Å². The summed E-state index contributed by atoms with van der Waals surface area (Å²) in [5.74, 6) is -0.0676. The average molecular weight is 266 g/mol. The van der Waals surface area contributed by atoms with Crippen LogP contribution in [0.15, 0.2) is 18.2 Å². The van der Waals surface area contributed by atoms with E-state index in [9.17, 15) is 4.79 Å². The summed E-state index contributed by atoms with van der Waals surface area (Å²) in [5, 5.41) is 12.6. The van der Waals surface area contributed by atoms with Crippen LogP contribution in [0.5, 0.6) is 0 Å². The maximum Gasteiger partial charge on any atom is 0.337 e. The van der Waals surface area contributed by atoms with E-state index in [2.05, 4.69) is 5.32 Å². The van der Waals surface area contributed by atoms with Crippen LogP contribution in [0.1, 0.15) is 36.0 Å². The number of carbonyl (C=O) groups is 1. The standard InChI is InChI=1S/C14H16ClNO2/c15-12-7-10(3-4-11(12)13(17)18)16-8-14(5-6-14)9-1-2-9/h3-4,7,9,16H,1-2,5-6,8H2,(H,17,18). The quantitative estimate of drug-likeness (QED) is 0.855. The highest BCUT2D eigenvalue weighted by Gasteiger charge is 2.53. The van der Waals surface area contributed by atoms with Crippen LogP contribution in [0.2, 0.25) is 5.02 Å². The summed E-state index contributed by atoms with van der Waals surface area (Å²) in [4.78, 5) is 10.9. The molecule has 3 rings (SSSR count). The molecule has 0 unspecified atom stereocenters. The van der Waals surface area contributed by atoms with Gasteiger partial charge in [-0.15, -0.1) is 0 Å². The molecule has 0 atom stereocenters. The highest BCUT2D eigenvalue weighted by atomic mass is 35.5. The Morgan fingerprint density at radius 2 is 2.17 bits per heavy atom. The lowest BCUT2D eigenvalue weighted by Gasteiger charge is -2.16. The molecule has 0 bridgehead atoms. The third kappa shape index (κ3) is 2.19. The van der Waals surface area contributed by atoms with Crippen LogP contribution in [0.25, 0.3) is 0 Å². The minimum absolute atomic E-state index is 0.158. The van der Waals surface area contributed by atoms with Gasteiger partial charge in [-0.3, -0.25) is 0 Å². The Morgan fingerprint density at radius 3 is 2.67 bits per heavy atom. The number of aromatic carboxylic acids is 1. The molecule has 2 saturated carbocycles. The monoisotopic (exact) mass is 265 g/mol. The van der Waals surface area contributed by atoms with E-state index >= 15 is 0 Å². The highest BCUT2D eigenvalue weighted by molar-refractivity contribution is 6.33. The summed E-state index contributed by atoms with van der Waals surface area (Å²) in [7, 11) is 0. The molecular weight excluding hydrogens is 250 g/mol. The molecule has 96 valence electrons. The number of anilines is 1. The zero-order chi connectivity index (χ0) is 12.8. The molecule has 2 aliphatic carbocycles. The molecule has 1 aromatic carbocycles. The molecule has 0 amide bonds. The Hall–Kier alpha value is -1.22. The van der Waals surface area contributed by atoms with Crippen LogP contribution in [-0.2, 0) is 0 Å². The molecule has 0 aliphatic heterocycles. The number of carboxylic acid groups (broad SMARTS) is 1. The van der Waals surface area contributed by atoms with Crippen molar-refractivity contribution in [1.82, 2.24) is 0 Å². The molecule has 18 heavy (non-hydrogen) atoms. The van der Waals surface area contributed by atoms with E-state index in [1.165, 1.54) is 25.7 Å². The normalized spacial score (nSPS) is 20.5. The molecule has 2 N–H and O–H groups in total. The Labute approximate surface area is 111 Å². The largest absolute Gasteiger partial charge is 0.478 e. The second-order valence-electron chi connectivity index (χ2n) is 5.49. The van der Waals surface area contributed by atoms with Gasteiger partial charge in [0.05, 0.1) is 10.6 Å². The van der Waals surface area contributed by atoms with Crippen molar-refractivity contribution in [3.63, 3.8) is 0 Å². The summed E-state index contributed by atoms with van der Waals surface area (Å²) in [5.41, 5.74) is 1.60. The van der Waals surface area contributed by atoms with Gasteiger partial charge in [0, 0.05) is 12.2 Å². The Morgan fingerprint density at radius 1 is 1.44 bits per heavy atom. The van der Waals surface area contributed by atoms with Gasteiger partial charge in [-0.05, 0) is 55.2 Å². The van der Waals surface area contributed by atoms with Crippen molar-refractivity contribution in [3.8, 4) is 0 Å². The first-order chi connectivity index (χ1) is 8.61. The summed E-state index contributed by atoms with van der Waals surface area (Å²) in [6.07, 6.45) is 5.40. The predicted octanol–water partition coefficient (Wildman–Crippen LogP) is 3.64. The molecule has 0 saturated heterocycles. The third-order valence-corrected chi connectivity index (χ3v) is 4.49. The first-order valence-electron chi connectivity index (χ1n) is 6.37. The zero-order valence-electron chi connectivity index (χ0n) is 10.1. The average Bonchev–Trinajstić information content (AvgIpc) is 3.17. The molecule has 3 nitrogen and oxygen atoms in total. The summed E-state index contributed by atoms with van der Waals surface area (Å²) in [6, 6.07) is 5.05. The third-order valence-electron chi connectivity index (χ3n) is 4.18.